The monoisotopic (exact) mass is 329 g/mol. The summed E-state index contributed by atoms with van der Waals surface area (Å²) in [6.45, 7) is 5.15. The highest BCUT2D eigenvalue weighted by Crippen LogP contribution is 2.21. The largest absolute Gasteiger partial charge is 0.366 e. The Morgan fingerprint density at radius 1 is 1.00 bits per heavy atom. The number of anilines is 2. The van der Waals surface area contributed by atoms with Gasteiger partial charge in [0.25, 0.3) is 0 Å². The number of piperazine rings is 1. The number of thiocarbonyl (C=S) groups is 1. The summed E-state index contributed by atoms with van der Waals surface area (Å²) >= 11 is 5.52. The zero-order valence-electron chi connectivity index (χ0n) is 13.1. The van der Waals surface area contributed by atoms with Crippen molar-refractivity contribution < 1.29 is 4.39 Å². The highest BCUT2D eigenvalue weighted by Gasteiger charge is 2.21. The van der Waals surface area contributed by atoms with Crippen molar-refractivity contribution in [3.63, 3.8) is 0 Å². The molecule has 1 heterocycles. The van der Waals surface area contributed by atoms with Crippen molar-refractivity contribution in [2.24, 2.45) is 0 Å². The Kier molecular flexibility index (Phi) is 4.76. The fraction of sp³-hybridized carbons (Fsp3) is 0.278. The minimum atomic E-state index is -0.165. The van der Waals surface area contributed by atoms with Crippen LogP contribution < -0.4 is 10.2 Å². The van der Waals surface area contributed by atoms with Crippen molar-refractivity contribution in [3.05, 3.63) is 59.9 Å². The molecule has 0 atom stereocenters. The Labute approximate surface area is 141 Å². The predicted octanol–water partition coefficient (Wildman–Crippen LogP) is 3.65. The van der Waals surface area contributed by atoms with Gasteiger partial charge in [-0.15, -0.1) is 0 Å². The molecule has 1 saturated heterocycles. The number of benzene rings is 2. The number of hydrogen-bond acceptors (Lipinski definition) is 2. The first-order valence-corrected chi connectivity index (χ1v) is 8.17. The molecular formula is C18H20FN3S. The smallest absolute Gasteiger partial charge is 0.173 e. The number of halogens is 1. The second kappa shape index (κ2) is 6.96. The van der Waals surface area contributed by atoms with Crippen molar-refractivity contribution in [2.75, 3.05) is 36.4 Å². The molecule has 0 spiro atoms. The van der Waals surface area contributed by atoms with Gasteiger partial charge in [-0.3, -0.25) is 0 Å². The maximum atomic E-state index is 13.9. The van der Waals surface area contributed by atoms with Gasteiger partial charge in [0, 0.05) is 31.9 Å². The lowest BCUT2D eigenvalue weighted by atomic mass is 10.2. The molecule has 0 aromatic heterocycles. The molecule has 1 fully saturated rings. The number of hydrogen-bond donors (Lipinski definition) is 1. The van der Waals surface area contributed by atoms with Crippen LogP contribution in [0.4, 0.5) is 15.8 Å². The van der Waals surface area contributed by atoms with Crippen molar-refractivity contribution in [2.45, 2.75) is 6.92 Å². The highest BCUT2D eigenvalue weighted by atomic mass is 32.1. The molecule has 1 aliphatic rings. The van der Waals surface area contributed by atoms with Crippen molar-refractivity contribution in [1.29, 1.82) is 0 Å². The van der Waals surface area contributed by atoms with Gasteiger partial charge >= 0.3 is 0 Å². The van der Waals surface area contributed by atoms with Crippen LogP contribution in [0.5, 0.6) is 0 Å². The lowest BCUT2D eigenvalue weighted by Gasteiger charge is -2.37. The summed E-state index contributed by atoms with van der Waals surface area (Å²) in [5.74, 6) is -0.165. The van der Waals surface area contributed by atoms with Crippen molar-refractivity contribution >= 4 is 28.7 Å². The van der Waals surface area contributed by atoms with Gasteiger partial charge in [0.2, 0.25) is 0 Å². The molecular weight excluding hydrogens is 309 g/mol. The van der Waals surface area contributed by atoms with E-state index in [1.165, 1.54) is 11.6 Å². The standard InChI is InChI=1S/C18H20FN3S/c1-14-6-2-4-8-16(14)20-18(23)22-12-10-21(11-13-22)17-9-5-3-7-15(17)19/h2-9H,10-13H2,1H3,(H,20,23). The van der Waals surface area contributed by atoms with Crippen LogP contribution in [0.1, 0.15) is 5.56 Å². The van der Waals surface area contributed by atoms with Gasteiger partial charge in [-0.25, -0.2) is 4.39 Å². The molecule has 3 nitrogen and oxygen atoms in total. The molecule has 0 bridgehead atoms. The molecule has 23 heavy (non-hydrogen) atoms. The maximum absolute atomic E-state index is 13.9. The van der Waals surface area contributed by atoms with E-state index in [9.17, 15) is 4.39 Å². The molecule has 2 aromatic rings. The van der Waals surface area contributed by atoms with Crippen LogP contribution in [0.15, 0.2) is 48.5 Å². The molecule has 1 N–H and O–H groups in total. The lowest BCUT2D eigenvalue weighted by Crippen LogP contribution is -2.50. The van der Waals surface area contributed by atoms with Gasteiger partial charge in [0.05, 0.1) is 5.69 Å². The zero-order chi connectivity index (χ0) is 16.2. The summed E-state index contributed by atoms with van der Waals surface area (Å²) in [6, 6.07) is 15.0. The summed E-state index contributed by atoms with van der Waals surface area (Å²) < 4.78 is 13.9. The number of nitrogens with one attached hydrogen (secondary N) is 1. The summed E-state index contributed by atoms with van der Waals surface area (Å²) in [5, 5.41) is 4.04. The van der Waals surface area contributed by atoms with E-state index in [1.54, 1.807) is 6.07 Å². The fourth-order valence-electron chi connectivity index (χ4n) is 2.77. The third-order valence-electron chi connectivity index (χ3n) is 4.15. The van der Waals surface area contributed by atoms with Crippen LogP contribution in [-0.2, 0) is 0 Å². The van der Waals surface area contributed by atoms with Crippen molar-refractivity contribution in [3.8, 4) is 0 Å². The topological polar surface area (TPSA) is 18.5 Å². The zero-order valence-corrected chi connectivity index (χ0v) is 13.9. The summed E-state index contributed by atoms with van der Waals surface area (Å²) in [4.78, 5) is 4.21. The number of nitrogens with zero attached hydrogens (tertiary/aromatic N) is 2. The fourth-order valence-corrected chi connectivity index (χ4v) is 3.06. The van der Waals surface area contributed by atoms with Gasteiger partial charge in [0.15, 0.2) is 5.11 Å². The van der Waals surface area contributed by atoms with Crippen molar-refractivity contribution in [1.82, 2.24) is 4.90 Å². The summed E-state index contributed by atoms with van der Waals surface area (Å²) in [5.41, 5.74) is 2.87. The van der Waals surface area contributed by atoms with E-state index in [0.29, 0.717) is 5.69 Å². The van der Waals surface area contributed by atoms with E-state index in [2.05, 4.69) is 28.1 Å². The molecule has 3 rings (SSSR count). The molecule has 0 unspecified atom stereocenters. The minimum absolute atomic E-state index is 0.165. The molecule has 2 aromatic carbocycles. The SMILES string of the molecule is Cc1ccccc1NC(=S)N1CCN(c2ccccc2F)CC1. The average molecular weight is 329 g/mol. The quantitative estimate of drug-likeness (QED) is 0.847. The third kappa shape index (κ3) is 3.62. The van der Waals surface area contributed by atoms with Crippen LogP contribution in [0.2, 0.25) is 0 Å². The molecule has 120 valence electrons. The van der Waals surface area contributed by atoms with E-state index in [-0.39, 0.29) is 5.82 Å². The van der Waals surface area contributed by atoms with Gasteiger partial charge in [-0.1, -0.05) is 30.3 Å². The molecule has 0 amide bonds. The van der Waals surface area contributed by atoms with Gasteiger partial charge in [-0.2, -0.15) is 0 Å². The first-order chi connectivity index (χ1) is 11.1. The first-order valence-electron chi connectivity index (χ1n) is 7.76. The Bertz CT molecular complexity index is 696. The molecule has 1 aliphatic heterocycles. The van der Waals surface area contributed by atoms with E-state index in [1.807, 2.05) is 30.3 Å². The summed E-state index contributed by atoms with van der Waals surface area (Å²) in [7, 11) is 0. The second-order valence-corrected chi connectivity index (χ2v) is 6.06. The van der Waals surface area contributed by atoms with Gasteiger partial charge in [0.1, 0.15) is 5.82 Å². The lowest BCUT2D eigenvalue weighted by molar-refractivity contribution is 0.388. The molecule has 5 heteroatoms. The minimum Gasteiger partial charge on any atom is -0.366 e. The second-order valence-electron chi connectivity index (χ2n) is 5.67. The van der Waals surface area contributed by atoms with Crippen LogP contribution in [0.3, 0.4) is 0 Å². The predicted molar refractivity (Wildman–Crippen MR) is 97.6 cm³/mol. The van der Waals surface area contributed by atoms with E-state index >= 15 is 0 Å². The highest BCUT2D eigenvalue weighted by molar-refractivity contribution is 7.80. The van der Waals surface area contributed by atoms with Crippen LogP contribution in [0.25, 0.3) is 0 Å². The summed E-state index contributed by atoms with van der Waals surface area (Å²) in [6.07, 6.45) is 0. The third-order valence-corrected chi connectivity index (χ3v) is 4.51. The Balaban J connectivity index is 1.60. The molecule has 0 saturated carbocycles. The van der Waals surface area contributed by atoms with Gasteiger partial charge < -0.3 is 15.1 Å². The number of rotatable bonds is 2. The van der Waals surface area contributed by atoms with Crippen LogP contribution in [0, 0.1) is 12.7 Å². The van der Waals surface area contributed by atoms with E-state index < -0.39 is 0 Å². The Morgan fingerprint density at radius 2 is 1.65 bits per heavy atom. The number of aryl methyl sites for hydroxylation is 1. The van der Waals surface area contributed by atoms with E-state index in [4.69, 9.17) is 12.2 Å². The Hall–Kier alpha value is -2.14. The van der Waals surface area contributed by atoms with Crippen LogP contribution >= 0.6 is 12.2 Å². The molecule has 0 radical (unpaired) electrons. The maximum Gasteiger partial charge on any atom is 0.173 e. The van der Waals surface area contributed by atoms with Gasteiger partial charge in [-0.05, 0) is 42.9 Å². The van der Waals surface area contributed by atoms with E-state index in [0.717, 1.165) is 37.0 Å². The first kappa shape index (κ1) is 15.7. The van der Waals surface area contributed by atoms with Crippen LogP contribution in [-0.4, -0.2) is 36.2 Å². The number of para-hydroxylation sites is 2. The average Bonchev–Trinajstić information content (AvgIpc) is 2.57. The Morgan fingerprint density at radius 3 is 2.35 bits per heavy atom. The normalized spacial score (nSPS) is 14.7. The molecule has 0 aliphatic carbocycles.